The fourth-order valence-electron chi connectivity index (χ4n) is 3.42. The lowest BCUT2D eigenvalue weighted by Gasteiger charge is -2.19. The van der Waals surface area contributed by atoms with Gasteiger partial charge in [0.2, 0.25) is 0 Å². The molecule has 0 fully saturated rings. The predicted molar refractivity (Wildman–Crippen MR) is 126 cm³/mol. The monoisotopic (exact) mass is 558 g/mol. The first-order valence-corrected chi connectivity index (χ1v) is 12.5. The fourth-order valence-corrected chi connectivity index (χ4v) is 4.18. The van der Waals surface area contributed by atoms with Crippen molar-refractivity contribution in [2.75, 3.05) is 18.7 Å². The second kappa shape index (κ2) is 9.99. The number of methoxy groups -OCH3 is 1. The maximum Gasteiger partial charge on any atom is 0.417 e. The molecule has 16 heteroatoms. The van der Waals surface area contributed by atoms with Gasteiger partial charge in [-0.3, -0.25) is 13.7 Å². The number of halogens is 4. The standard InChI is InChI=1S/C21H18ClF3N6O5S/c1-35-16-5-4-12(22)8-13(16)18-15(28-20(32)14-9-27-31-7-3-6-26-19(14)31)10-30(29-18)11-17(21(23,24)25)36-37(2,33)34/h3-10,17H,11H2,1-2H3,(H,28,32). The van der Waals surface area contributed by atoms with Gasteiger partial charge in [0.15, 0.2) is 11.8 Å². The van der Waals surface area contributed by atoms with E-state index in [0.717, 1.165) is 10.9 Å². The van der Waals surface area contributed by atoms with Crippen molar-refractivity contribution < 1.29 is 35.3 Å². The van der Waals surface area contributed by atoms with E-state index in [1.807, 2.05) is 0 Å². The SMILES string of the molecule is COc1ccc(Cl)cc1-c1nn(CC(OS(C)(=O)=O)C(F)(F)F)cc1NC(=O)c1cnn2cccnc12. The summed E-state index contributed by atoms with van der Waals surface area (Å²) < 4.78 is 75.2. The van der Waals surface area contributed by atoms with E-state index in [2.05, 4.69) is 24.7 Å². The van der Waals surface area contributed by atoms with Gasteiger partial charge >= 0.3 is 6.18 Å². The zero-order valence-electron chi connectivity index (χ0n) is 19.1. The van der Waals surface area contributed by atoms with Crippen LogP contribution in [0.1, 0.15) is 10.4 Å². The Morgan fingerprint density at radius 3 is 2.73 bits per heavy atom. The molecule has 3 aromatic heterocycles. The van der Waals surface area contributed by atoms with Crippen LogP contribution in [0.2, 0.25) is 5.02 Å². The Morgan fingerprint density at radius 1 is 1.30 bits per heavy atom. The molecule has 196 valence electrons. The van der Waals surface area contributed by atoms with Gasteiger partial charge in [0.05, 0.1) is 31.8 Å². The molecule has 0 radical (unpaired) electrons. The molecule has 1 atom stereocenters. The molecule has 0 spiro atoms. The quantitative estimate of drug-likeness (QED) is 0.326. The average Bonchev–Trinajstić information content (AvgIpc) is 3.41. The Morgan fingerprint density at radius 2 is 2.05 bits per heavy atom. The van der Waals surface area contributed by atoms with E-state index in [9.17, 15) is 26.4 Å². The van der Waals surface area contributed by atoms with E-state index >= 15 is 0 Å². The average molecular weight is 559 g/mol. The lowest BCUT2D eigenvalue weighted by Crippen LogP contribution is -2.37. The molecule has 11 nitrogen and oxygen atoms in total. The smallest absolute Gasteiger partial charge is 0.417 e. The number of hydrogen-bond acceptors (Lipinski definition) is 8. The number of aromatic nitrogens is 5. The van der Waals surface area contributed by atoms with Crippen LogP contribution in [0.15, 0.2) is 49.1 Å². The maximum absolute atomic E-state index is 13.5. The first kappa shape index (κ1) is 26.4. The van der Waals surface area contributed by atoms with Crippen molar-refractivity contribution in [2.45, 2.75) is 18.8 Å². The molecular weight excluding hydrogens is 541 g/mol. The van der Waals surface area contributed by atoms with Gasteiger partial charge in [-0.1, -0.05) is 11.6 Å². The molecule has 37 heavy (non-hydrogen) atoms. The second-order valence-corrected chi connectivity index (χ2v) is 9.73. The van der Waals surface area contributed by atoms with E-state index in [1.165, 1.54) is 42.2 Å². The van der Waals surface area contributed by atoms with Crippen LogP contribution in [0.3, 0.4) is 0 Å². The van der Waals surface area contributed by atoms with Crippen molar-refractivity contribution >= 4 is 39.0 Å². The third-order valence-corrected chi connectivity index (χ3v) is 5.78. The molecule has 0 bridgehead atoms. The van der Waals surface area contributed by atoms with Crippen molar-refractivity contribution in [2.24, 2.45) is 0 Å². The van der Waals surface area contributed by atoms with E-state index in [-0.39, 0.29) is 38.9 Å². The van der Waals surface area contributed by atoms with Crippen molar-refractivity contribution in [1.82, 2.24) is 24.4 Å². The van der Waals surface area contributed by atoms with Gasteiger partial charge in [-0.2, -0.15) is 31.8 Å². The summed E-state index contributed by atoms with van der Waals surface area (Å²) in [5.74, 6) is -0.405. The number of rotatable bonds is 8. The normalized spacial score (nSPS) is 13.0. The summed E-state index contributed by atoms with van der Waals surface area (Å²) in [6, 6.07) is 6.12. The van der Waals surface area contributed by atoms with E-state index in [0.29, 0.717) is 6.26 Å². The van der Waals surface area contributed by atoms with Crippen molar-refractivity contribution in [3.8, 4) is 17.0 Å². The highest BCUT2D eigenvalue weighted by Gasteiger charge is 2.43. The number of amides is 1. The Labute approximate surface area is 212 Å². The van der Waals surface area contributed by atoms with Gasteiger partial charge in [-0.15, -0.1) is 0 Å². The van der Waals surface area contributed by atoms with E-state index in [1.54, 1.807) is 12.3 Å². The number of benzene rings is 1. The molecule has 3 heterocycles. The number of ether oxygens (including phenoxy) is 1. The van der Waals surface area contributed by atoms with Gasteiger partial charge in [-0.05, 0) is 24.3 Å². The van der Waals surface area contributed by atoms with Crippen molar-refractivity contribution in [3.05, 3.63) is 59.6 Å². The van der Waals surface area contributed by atoms with Gasteiger partial charge in [-0.25, -0.2) is 9.50 Å². The van der Waals surface area contributed by atoms with Crippen LogP contribution in [-0.2, 0) is 20.8 Å². The third-order valence-electron chi connectivity index (χ3n) is 4.96. The van der Waals surface area contributed by atoms with Crippen LogP contribution in [-0.4, -0.2) is 64.3 Å². The lowest BCUT2D eigenvalue weighted by molar-refractivity contribution is -0.198. The molecular formula is C21H18ClF3N6O5S. The number of anilines is 1. The van der Waals surface area contributed by atoms with Gasteiger partial charge < -0.3 is 10.1 Å². The zero-order valence-corrected chi connectivity index (χ0v) is 20.7. The summed E-state index contributed by atoms with van der Waals surface area (Å²) in [4.78, 5) is 17.2. The minimum Gasteiger partial charge on any atom is -0.496 e. The van der Waals surface area contributed by atoms with Crippen LogP contribution < -0.4 is 10.1 Å². The van der Waals surface area contributed by atoms with Gasteiger partial charge in [0.25, 0.3) is 16.0 Å². The molecule has 1 unspecified atom stereocenters. The number of carbonyl (C=O) groups excluding carboxylic acids is 1. The topological polar surface area (TPSA) is 130 Å². The first-order chi connectivity index (χ1) is 17.4. The highest BCUT2D eigenvalue weighted by Crippen LogP contribution is 2.37. The molecule has 0 saturated heterocycles. The van der Waals surface area contributed by atoms with Crippen LogP contribution >= 0.6 is 11.6 Å². The molecule has 4 rings (SSSR count). The van der Waals surface area contributed by atoms with Crippen LogP contribution in [0.25, 0.3) is 16.9 Å². The molecule has 0 aliphatic rings. The fraction of sp³-hybridized carbons (Fsp3) is 0.238. The number of carbonyl (C=O) groups is 1. The van der Waals surface area contributed by atoms with Crippen molar-refractivity contribution in [3.63, 3.8) is 0 Å². The summed E-state index contributed by atoms with van der Waals surface area (Å²) in [5.41, 5.74) is 0.590. The Hall–Kier alpha value is -3.69. The molecule has 1 amide bonds. The Kier molecular flexibility index (Phi) is 7.12. The number of nitrogens with one attached hydrogen (secondary N) is 1. The van der Waals surface area contributed by atoms with Crippen LogP contribution in [0, 0.1) is 0 Å². The minimum atomic E-state index is -5.03. The Balaban J connectivity index is 1.77. The molecule has 0 aliphatic carbocycles. The summed E-state index contributed by atoms with van der Waals surface area (Å²) in [6.07, 6.45) is -1.82. The summed E-state index contributed by atoms with van der Waals surface area (Å²) >= 11 is 6.12. The van der Waals surface area contributed by atoms with Crippen LogP contribution in [0.4, 0.5) is 18.9 Å². The summed E-state index contributed by atoms with van der Waals surface area (Å²) in [7, 11) is -3.08. The van der Waals surface area contributed by atoms with Gasteiger partial charge in [0, 0.05) is 29.2 Å². The van der Waals surface area contributed by atoms with Gasteiger partial charge in [0.1, 0.15) is 17.0 Å². The second-order valence-electron chi connectivity index (χ2n) is 7.69. The number of nitrogens with zero attached hydrogens (tertiary/aromatic N) is 5. The number of fused-ring (bicyclic) bond motifs is 1. The first-order valence-electron chi connectivity index (χ1n) is 10.3. The Bertz CT molecular complexity index is 1570. The largest absolute Gasteiger partial charge is 0.496 e. The molecule has 0 saturated carbocycles. The summed E-state index contributed by atoms with van der Waals surface area (Å²) in [5, 5.41) is 11.1. The third kappa shape index (κ3) is 6.00. The number of alkyl halides is 3. The maximum atomic E-state index is 13.5. The van der Waals surface area contributed by atoms with E-state index < -0.39 is 34.9 Å². The highest BCUT2D eigenvalue weighted by atomic mass is 35.5. The minimum absolute atomic E-state index is 0.0115. The van der Waals surface area contributed by atoms with E-state index in [4.69, 9.17) is 16.3 Å². The molecule has 1 N–H and O–H groups in total. The predicted octanol–water partition coefficient (Wildman–Crippen LogP) is 3.41. The zero-order chi connectivity index (χ0) is 27.0. The molecule has 4 aromatic rings. The molecule has 0 aliphatic heterocycles. The summed E-state index contributed by atoms with van der Waals surface area (Å²) in [6.45, 7) is -1.03. The molecule has 1 aromatic carbocycles. The van der Waals surface area contributed by atoms with Crippen molar-refractivity contribution in [1.29, 1.82) is 0 Å². The highest BCUT2D eigenvalue weighted by molar-refractivity contribution is 7.86. The lowest BCUT2D eigenvalue weighted by atomic mass is 10.1. The van der Waals surface area contributed by atoms with Crippen LogP contribution in [0.5, 0.6) is 5.75 Å². The number of hydrogen-bond donors (Lipinski definition) is 1.